The van der Waals surface area contributed by atoms with E-state index in [4.69, 9.17) is 0 Å². The van der Waals surface area contributed by atoms with Gasteiger partial charge in [-0.15, -0.1) is 0 Å². The van der Waals surface area contributed by atoms with Crippen LogP contribution in [0.15, 0.2) is 21.1 Å². The van der Waals surface area contributed by atoms with Crippen molar-refractivity contribution >= 4 is 21.6 Å². The zero-order valence-electron chi connectivity index (χ0n) is 13.0. The number of aromatic amines is 2. The highest BCUT2D eigenvalue weighted by Gasteiger charge is 2.22. The second kappa shape index (κ2) is 5.24. The van der Waals surface area contributed by atoms with Crippen LogP contribution in [0.5, 0.6) is 5.88 Å². The number of aromatic nitrogens is 6. The number of hydrogen-bond acceptors (Lipinski definition) is 8. The van der Waals surface area contributed by atoms with E-state index in [0.29, 0.717) is 5.22 Å². The summed E-state index contributed by atoms with van der Waals surface area (Å²) in [6.07, 6.45) is 5.69. The fraction of sp³-hybridized carbons (Fsp3) is 0.308. The van der Waals surface area contributed by atoms with E-state index in [1.54, 1.807) is 0 Å². The van der Waals surface area contributed by atoms with E-state index >= 15 is 0 Å². The minimum atomic E-state index is -3.65. The van der Waals surface area contributed by atoms with Crippen molar-refractivity contribution in [2.45, 2.75) is 24.0 Å². The van der Waals surface area contributed by atoms with Gasteiger partial charge in [-0.3, -0.25) is 4.98 Å². The number of fused-ring (bicyclic) bond motifs is 1. The van der Waals surface area contributed by atoms with Crippen molar-refractivity contribution in [3.63, 3.8) is 0 Å². The van der Waals surface area contributed by atoms with Crippen LogP contribution < -0.4 is 16.5 Å². The van der Waals surface area contributed by atoms with E-state index in [-0.39, 0.29) is 34.0 Å². The summed E-state index contributed by atoms with van der Waals surface area (Å²) >= 11 is 0. The van der Waals surface area contributed by atoms with Gasteiger partial charge in [0.25, 0.3) is 10.8 Å². The van der Waals surface area contributed by atoms with Crippen LogP contribution >= 0.6 is 0 Å². The molecule has 0 amide bonds. The second-order valence-corrected chi connectivity index (χ2v) is 7.67. The number of nitrogens with one attached hydrogen (secondary N) is 2. The number of sulfone groups is 1. The van der Waals surface area contributed by atoms with Gasteiger partial charge >= 0.3 is 5.69 Å². The lowest BCUT2D eigenvalue weighted by Gasteiger charge is -1.99. The molecular weight excluding hydrogens is 350 g/mol. The van der Waals surface area contributed by atoms with Crippen LogP contribution in [-0.2, 0) is 9.84 Å². The van der Waals surface area contributed by atoms with Crippen molar-refractivity contribution in [3.05, 3.63) is 33.2 Å². The summed E-state index contributed by atoms with van der Waals surface area (Å²) in [6, 6.07) is 0.104. The zero-order valence-corrected chi connectivity index (χ0v) is 13.8. The van der Waals surface area contributed by atoms with Crippen LogP contribution in [0.1, 0.15) is 18.5 Å². The summed E-state index contributed by atoms with van der Waals surface area (Å²) < 4.78 is 25.1. The Morgan fingerprint density at radius 2 is 2.12 bits per heavy atom. The number of hydrogen-bond donors (Lipinski definition) is 3. The molecule has 0 atom stereocenters. The first kappa shape index (κ1) is 15.5. The monoisotopic (exact) mass is 363 g/mol. The van der Waals surface area contributed by atoms with E-state index in [2.05, 4.69) is 30.0 Å². The number of imidazole rings is 1. The molecule has 1 aliphatic carbocycles. The third-order valence-electron chi connectivity index (χ3n) is 3.57. The highest BCUT2D eigenvalue weighted by molar-refractivity contribution is 7.90. The van der Waals surface area contributed by atoms with Crippen molar-refractivity contribution in [1.29, 1.82) is 0 Å². The second-order valence-electron chi connectivity index (χ2n) is 5.76. The molecule has 25 heavy (non-hydrogen) atoms. The average molecular weight is 363 g/mol. The Hall–Kier alpha value is -3.02. The van der Waals surface area contributed by atoms with Crippen molar-refractivity contribution in [2.75, 3.05) is 6.26 Å². The van der Waals surface area contributed by atoms with Gasteiger partial charge in [0.15, 0.2) is 5.65 Å². The standard InChI is InChI=1S/C13H13N7O4S/c1-25(23,24)13-17-9-6(4-8-10(21)18-12(22)16-8)5-14-20(9)11(19-13)15-7-2-3-7/h4-5,7,21H,2-3H2,1H3,(H2,16,18,22). The predicted octanol–water partition coefficient (Wildman–Crippen LogP) is -2.14. The fourth-order valence-electron chi connectivity index (χ4n) is 2.23. The molecule has 3 aromatic rings. The molecule has 1 aliphatic rings. The molecule has 0 spiro atoms. The molecule has 3 N–H and O–H groups in total. The Morgan fingerprint density at radius 1 is 1.36 bits per heavy atom. The van der Waals surface area contributed by atoms with Gasteiger partial charge in [-0.1, -0.05) is 0 Å². The van der Waals surface area contributed by atoms with Crippen LogP contribution in [0.4, 0.5) is 0 Å². The summed E-state index contributed by atoms with van der Waals surface area (Å²) in [5.74, 6) is -0.343. The zero-order chi connectivity index (χ0) is 17.8. The molecule has 3 heterocycles. The van der Waals surface area contributed by atoms with Gasteiger partial charge in [-0.2, -0.15) is 19.6 Å². The summed E-state index contributed by atoms with van der Waals surface area (Å²) in [6.45, 7) is 0. The first-order chi connectivity index (χ1) is 11.8. The van der Waals surface area contributed by atoms with E-state index in [1.165, 1.54) is 16.8 Å². The summed E-state index contributed by atoms with van der Waals surface area (Å²) in [5.41, 5.74) is -0.0909. The van der Waals surface area contributed by atoms with Crippen molar-refractivity contribution in [3.8, 4) is 5.88 Å². The quantitative estimate of drug-likeness (QED) is 0.479. The smallest absolute Gasteiger partial charge is 0.326 e. The molecule has 11 nitrogen and oxygen atoms in total. The third-order valence-corrected chi connectivity index (χ3v) is 4.42. The summed E-state index contributed by atoms with van der Waals surface area (Å²) in [4.78, 5) is 28.3. The van der Waals surface area contributed by atoms with E-state index in [9.17, 15) is 18.3 Å². The van der Waals surface area contributed by atoms with Gasteiger partial charge in [0.05, 0.1) is 12.2 Å². The normalized spacial score (nSPS) is 16.8. The van der Waals surface area contributed by atoms with E-state index < -0.39 is 15.5 Å². The van der Waals surface area contributed by atoms with Gasteiger partial charge < -0.3 is 10.1 Å². The molecule has 0 saturated heterocycles. The molecule has 4 rings (SSSR count). The largest absolute Gasteiger partial charge is 0.493 e. The lowest BCUT2D eigenvalue weighted by atomic mass is 10.3. The highest BCUT2D eigenvalue weighted by Crippen LogP contribution is 2.22. The van der Waals surface area contributed by atoms with Crippen LogP contribution in [0.2, 0.25) is 0 Å². The molecular formula is C13H13N7O4S. The minimum absolute atomic E-state index is 0.104. The Labute approximate surface area is 139 Å². The number of aromatic hydroxyl groups is 1. The molecule has 1 saturated carbocycles. The van der Waals surface area contributed by atoms with E-state index in [1.807, 2.05) is 0 Å². The van der Waals surface area contributed by atoms with Crippen LogP contribution in [0.3, 0.4) is 0 Å². The molecule has 3 aromatic heterocycles. The van der Waals surface area contributed by atoms with Crippen molar-refractivity contribution in [1.82, 2.24) is 29.5 Å². The third kappa shape index (κ3) is 2.91. The van der Waals surface area contributed by atoms with Crippen molar-refractivity contribution < 1.29 is 13.5 Å². The molecule has 0 unspecified atom stereocenters. The van der Waals surface area contributed by atoms with Gasteiger partial charge in [-0.25, -0.2) is 18.2 Å². The van der Waals surface area contributed by atoms with Crippen LogP contribution in [0, 0.1) is 0 Å². The Kier molecular flexibility index (Phi) is 3.25. The highest BCUT2D eigenvalue weighted by atomic mass is 32.2. The molecule has 0 aromatic carbocycles. The van der Waals surface area contributed by atoms with Gasteiger partial charge in [0, 0.05) is 11.5 Å². The van der Waals surface area contributed by atoms with Crippen LogP contribution in [0.25, 0.3) is 11.7 Å². The summed E-state index contributed by atoms with van der Waals surface area (Å²) in [7, 11) is -3.65. The lowest BCUT2D eigenvalue weighted by Crippen LogP contribution is -2.26. The van der Waals surface area contributed by atoms with E-state index in [0.717, 1.165) is 19.1 Å². The first-order valence-electron chi connectivity index (χ1n) is 7.34. The Balaban J connectivity index is 2.05. The predicted molar refractivity (Wildman–Crippen MR) is 84.3 cm³/mol. The maximum atomic E-state index is 11.9. The molecule has 0 bridgehead atoms. The maximum Gasteiger partial charge on any atom is 0.326 e. The molecule has 0 radical (unpaired) electrons. The molecule has 0 aliphatic heterocycles. The molecule has 12 heteroatoms. The SMILES string of the molecule is CS(=O)(=O)c1nc(=NC2CC2)n2ncc(=Cc3[nH]c(=O)[nH]c3O)c2n1. The lowest BCUT2D eigenvalue weighted by molar-refractivity contribution is 0.454. The number of rotatable bonds is 3. The maximum absolute atomic E-state index is 11.9. The Morgan fingerprint density at radius 3 is 2.72 bits per heavy atom. The summed E-state index contributed by atoms with van der Waals surface area (Å²) in [5, 5.41) is 13.9. The Bertz CT molecular complexity index is 1260. The minimum Gasteiger partial charge on any atom is -0.493 e. The molecule has 1 fully saturated rings. The van der Waals surface area contributed by atoms with Gasteiger partial charge in [-0.05, 0) is 18.9 Å². The average Bonchev–Trinajstić information content (AvgIpc) is 3.15. The van der Waals surface area contributed by atoms with Crippen LogP contribution in [-0.4, -0.2) is 55.4 Å². The van der Waals surface area contributed by atoms with Crippen molar-refractivity contribution in [2.24, 2.45) is 4.99 Å². The van der Waals surface area contributed by atoms with Gasteiger partial charge in [0.2, 0.25) is 15.7 Å². The first-order valence-corrected chi connectivity index (χ1v) is 9.23. The molecule has 130 valence electrons. The number of nitrogens with zero attached hydrogens (tertiary/aromatic N) is 5. The van der Waals surface area contributed by atoms with Gasteiger partial charge in [0.1, 0.15) is 5.69 Å². The number of H-pyrrole nitrogens is 2. The fourth-order valence-corrected chi connectivity index (χ4v) is 2.73. The topological polar surface area (TPSA) is 158 Å².